The lowest BCUT2D eigenvalue weighted by atomic mass is 10.3. The summed E-state index contributed by atoms with van der Waals surface area (Å²) < 4.78 is 6.73. The molecule has 0 aliphatic rings. The van der Waals surface area contributed by atoms with Crippen LogP contribution in [-0.4, -0.2) is 34.3 Å². The van der Waals surface area contributed by atoms with E-state index in [-0.39, 0.29) is 28.8 Å². The van der Waals surface area contributed by atoms with Crippen molar-refractivity contribution in [3.8, 4) is 5.75 Å². The number of aromatic amines is 1. The predicted molar refractivity (Wildman–Crippen MR) is 82.4 cm³/mol. The third kappa shape index (κ3) is 3.36. The fourth-order valence-electron chi connectivity index (χ4n) is 2.26. The summed E-state index contributed by atoms with van der Waals surface area (Å²) >= 11 is 0. The molecule has 118 valence electrons. The van der Waals surface area contributed by atoms with Crippen LogP contribution in [0.15, 0.2) is 23.1 Å². The molecule has 0 aliphatic heterocycles. The number of carbonyl (C=O) groups is 1. The normalized spacial score (nSPS) is 12.0. The van der Waals surface area contributed by atoms with Crippen LogP contribution >= 0.6 is 0 Å². The lowest BCUT2D eigenvalue weighted by Gasteiger charge is -2.15. The molecule has 0 fully saturated rings. The van der Waals surface area contributed by atoms with Gasteiger partial charge in [-0.1, -0.05) is 0 Å². The van der Waals surface area contributed by atoms with Crippen molar-refractivity contribution in [3.05, 3.63) is 45.6 Å². The maximum atomic E-state index is 12.1. The molecule has 1 amide bonds. The van der Waals surface area contributed by atoms with Crippen molar-refractivity contribution < 1.29 is 9.53 Å². The Balaban J connectivity index is 2.02. The number of methoxy groups -OCH3 is 1. The Hall–Kier alpha value is -2.57. The largest absolute Gasteiger partial charge is 0.491 e. The molecule has 7 nitrogen and oxygen atoms in total. The standard InChI is InChI=1S/C15H20N4O3/c1-9-5-10(2)19(18-9)11(3)7-17-15(21)12-6-13(20)14(22-4)8-16-12/h5-6,8,11H,7H2,1-4H3,(H,16,20)(H,17,21). The maximum absolute atomic E-state index is 12.1. The molecule has 2 heterocycles. The van der Waals surface area contributed by atoms with Crippen LogP contribution in [0.25, 0.3) is 0 Å². The van der Waals surface area contributed by atoms with Gasteiger partial charge in [-0.05, 0) is 26.8 Å². The first kappa shape index (κ1) is 15.8. The van der Waals surface area contributed by atoms with E-state index < -0.39 is 0 Å². The topological polar surface area (TPSA) is 89.0 Å². The van der Waals surface area contributed by atoms with Crippen molar-refractivity contribution in [2.75, 3.05) is 13.7 Å². The number of nitrogens with zero attached hydrogens (tertiary/aromatic N) is 2. The Kier molecular flexibility index (Phi) is 4.65. The van der Waals surface area contributed by atoms with E-state index in [9.17, 15) is 9.59 Å². The van der Waals surface area contributed by atoms with E-state index in [4.69, 9.17) is 4.74 Å². The van der Waals surface area contributed by atoms with Crippen molar-refractivity contribution >= 4 is 5.91 Å². The first-order valence-corrected chi connectivity index (χ1v) is 7.00. The van der Waals surface area contributed by atoms with Crippen molar-refractivity contribution in [1.29, 1.82) is 0 Å². The number of H-pyrrole nitrogens is 1. The number of pyridine rings is 1. The summed E-state index contributed by atoms with van der Waals surface area (Å²) in [6, 6.07) is 3.23. The highest BCUT2D eigenvalue weighted by molar-refractivity contribution is 5.92. The minimum atomic E-state index is -0.340. The van der Waals surface area contributed by atoms with Crippen LogP contribution in [0.4, 0.5) is 0 Å². The number of nitrogens with one attached hydrogen (secondary N) is 2. The maximum Gasteiger partial charge on any atom is 0.267 e. The van der Waals surface area contributed by atoms with Crippen molar-refractivity contribution in [2.45, 2.75) is 26.8 Å². The highest BCUT2D eigenvalue weighted by Crippen LogP contribution is 2.10. The number of rotatable bonds is 5. The average molecular weight is 304 g/mol. The lowest BCUT2D eigenvalue weighted by molar-refractivity contribution is 0.0942. The van der Waals surface area contributed by atoms with Crippen molar-refractivity contribution in [2.24, 2.45) is 0 Å². The van der Waals surface area contributed by atoms with E-state index in [2.05, 4.69) is 15.4 Å². The minimum Gasteiger partial charge on any atom is -0.491 e. The van der Waals surface area contributed by atoms with Crippen LogP contribution in [0.5, 0.6) is 5.75 Å². The van der Waals surface area contributed by atoms with E-state index in [0.29, 0.717) is 6.54 Å². The minimum absolute atomic E-state index is 0.0163. The molecular weight excluding hydrogens is 284 g/mol. The van der Waals surface area contributed by atoms with Gasteiger partial charge in [-0.15, -0.1) is 0 Å². The van der Waals surface area contributed by atoms with Crippen LogP contribution in [0.3, 0.4) is 0 Å². The predicted octanol–water partition coefficient (Wildman–Crippen LogP) is 1.19. The summed E-state index contributed by atoms with van der Waals surface area (Å²) in [4.78, 5) is 26.5. The van der Waals surface area contributed by atoms with Crippen LogP contribution < -0.4 is 15.5 Å². The summed E-state index contributed by atoms with van der Waals surface area (Å²) in [5, 5.41) is 7.18. The van der Waals surface area contributed by atoms with Gasteiger partial charge in [-0.25, -0.2) is 0 Å². The SMILES string of the molecule is COc1c[nH]c(C(=O)NCC(C)n2nc(C)cc2C)cc1=O. The first-order chi connectivity index (χ1) is 10.4. The first-order valence-electron chi connectivity index (χ1n) is 7.00. The highest BCUT2D eigenvalue weighted by Gasteiger charge is 2.13. The van der Waals surface area contributed by atoms with Crippen LogP contribution in [0.1, 0.15) is 34.8 Å². The monoisotopic (exact) mass is 304 g/mol. The number of carbonyl (C=O) groups excluding carboxylic acids is 1. The van der Waals surface area contributed by atoms with Gasteiger partial charge in [-0.3, -0.25) is 14.3 Å². The van der Waals surface area contributed by atoms with Gasteiger partial charge in [0.15, 0.2) is 5.75 Å². The van der Waals surface area contributed by atoms with Gasteiger partial charge in [0.05, 0.1) is 18.8 Å². The number of amides is 1. The summed E-state index contributed by atoms with van der Waals surface area (Å²) in [5.74, 6) is -0.166. The molecule has 2 aromatic rings. The number of ether oxygens (including phenoxy) is 1. The van der Waals surface area contributed by atoms with Gasteiger partial charge < -0.3 is 15.0 Å². The van der Waals surface area contributed by atoms with Crippen molar-refractivity contribution in [1.82, 2.24) is 20.1 Å². The van der Waals surface area contributed by atoms with Gasteiger partial charge in [0.2, 0.25) is 5.43 Å². The molecule has 1 atom stereocenters. The zero-order valence-electron chi connectivity index (χ0n) is 13.1. The van der Waals surface area contributed by atoms with Gasteiger partial charge in [-0.2, -0.15) is 5.10 Å². The molecule has 0 aliphatic carbocycles. The molecule has 2 N–H and O–H groups in total. The molecule has 7 heteroatoms. The Morgan fingerprint density at radius 1 is 1.45 bits per heavy atom. The lowest BCUT2D eigenvalue weighted by Crippen LogP contribution is -2.31. The fourth-order valence-corrected chi connectivity index (χ4v) is 2.26. The van der Waals surface area contributed by atoms with E-state index in [0.717, 1.165) is 11.4 Å². The molecule has 2 rings (SSSR count). The number of aryl methyl sites for hydroxylation is 2. The second-order valence-electron chi connectivity index (χ2n) is 5.21. The smallest absolute Gasteiger partial charge is 0.267 e. The van der Waals surface area contributed by atoms with Gasteiger partial charge in [0.25, 0.3) is 5.91 Å². The third-order valence-corrected chi connectivity index (χ3v) is 3.36. The van der Waals surface area contributed by atoms with Gasteiger partial charge in [0, 0.05) is 24.5 Å². The van der Waals surface area contributed by atoms with E-state index in [1.54, 1.807) is 0 Å². The summed E-state index contributed by atoms with van der Waals surface area (Å²) in [5.41, 5.74) is 1.84. The summed E-state index contributed by atoms with van der Waals surface area (Å²) in [7, 11) is 1.40. The molecule has 0 spiro atoms. The zero-order chi connectivity index (χ0) is 16.3. The average Bonchev–Trinajstić information content (AvgIpc) is 2.83. The molecule has 0 saturated carbocycles. The molecule has 0 aromatic carbocycles. The molecule has 22 heavy (non-hydrogen) atoms. The Morgan fingerprint density at radius 2 is 2.18 bits per heavy atom. The zero-order valence-corrected chi connectivity index (χ0v) is 13.1. The molecular formula is C15H20N4O3. The number of hydrogen-bond donors (Lipinski definition) is 2. The van der Waals surface area contributed by atoms with Gasteiger partial charge >= 0.3 is 0 Å². The molecule has 2 aromatic heterocycles. The Morgan fingerprint density at radius 3 is 2.73 bits per heavy atom. The Bertz CT molecular complexity index is 733. The number of hydrogen-bond acceptors (Lipinski definition) is 4. The molecule has 0 radical (unpaired) electrons. The third-order valence-electron chi connectivity index (χ3n) is 3.36. The quantitative estimate of drug-likeness (QED) is 0.868. The summed E-state index contributed by atoms with van der Waals surface area (Å²) in [6.45, 7) is 6.28. The number of aromatic nitrogens is 3. The van der Waals surface area contributed by atoms with Crippen LogP contribution in [0.2, 0.25) is 0 Å². The van der Waals surface area contributed by atoms with Crippen LogP contribution in [0, 0.1) is 13.8 Å². The molecule has 0 saturated heterocycles. The van der Waals surface area contributed by atoms with Crippen molar-refractivity contribution in [3.63, 3.8) is 0 Å². The second kappa shape index (κ2) is 6.46. The second-order valence-corrected chi connectivity index (χ2v) is 5.21. The van der Waals surface area contributed by atoms with Gasteiger partial charge in [0.1, 0.15) is 5.69 Å². The van der Waals surface area contributed by atoms with Crippen LogP contribution in [-0.2, 0) is 0 Å². The highest BCUT2D eigenvalue weighted by atomic mass is 16.5. The molecule has 1 unspecified atom stereocenters. The van der Waals surface area contributed by atoms with E-state index in [1.165, 1.54) is 19.4 Å². The summed E-state index contributed by atoms with van der Waals surface area (Å²) in [6.07, 6.45) is 1.38. The molecule has 0 bridgehead atoms. The van der Waals surface area contributed by atoms with E-state index in [1.807, 2.05) is 31.5 Å². The Labute approximate surface area is 128 Å². The fraction of sp³-hybridized carbons (Fsp3) is 0.400. The van der Waals surface area contributed by atoms with E-state index >= 15 is 0 Å².